The summed E-state index contributed by atoms with van der Waals surface area (Å²) < 4.78 is 5.96. The molecular weight excluding hydrogens is 250 g/mol. The maximum absolute atomic E-state index is 5.96. The number of benzene rings is 2. The van der Waals surface area contributed by atoms with Crippen molar-refractivity contribution in [3.63, 3.8) is 0 Å². The number of fused-ring (bicyclic) bond motifs is 2. The average molecular weight is 267 g/mol. The number of hydrogen-bond acceptors (Lipinski definition) is 4. The lowest BCUT2D eigenvalue weighted by molar-refractivity contribution is 0.612. The molecule has 0 fully saturated rings. The smallest absolute Gasteiger partial charge is 0.155 e. The Kier molecular flexibility index (Phi) is 3.37. The van der Waals surface area contributed by atoms with Crippen molar-refractivity contribution in [2.45, 2.75) is 13.8 Å². The van der Waals surface area contributed by atoms with E-state index in [9.17, 15) is 0 Å². The number of anilines is 1. The van der Waals surface area contributed by atoms with Crippen LogP contribution in [0.5, 0.6) is 0 Å². The minimum Gasteiger partial charge on any atom is -0.453 e. The summed E-state index contributed by atoms with van der Waals surface area (Å²) in [5, 5.41) is 4.20. The second kappa shape index (κ2) is 5.33. The summed E-state index contributed by atoms with van der Waals surface area (Å²) in [5.41, 5.74) is 3.53. The second-order valence-electron chi connectivity index (χ2n) is 4.55. The maximum atomic E-state index is 5.96. The molecule has 4 heteroatoms. The van der Waals surface area contributed by atoms with Crippen molar-refractivity contribution in [2.24, 2.45) is 4.99 Å². The van der Waals surface area contributed by atoms with Crippen LogP contribution in [0.1, 0.15) is 13.8 Å². The Morgan fingerprint density at radius 2 is 2.05 bits per heavy atom. The standard InChI is InChI=1S/C16H17N3O/c1-3-17-11-5-7-13-15(9-11)20-16-10-12(18-4-2)6-8-14(16)19-13/h5-10,17H,3-4H2,1-2H3/b18-12+. The van der Waals surface area contributed by atoms with Crippen LogP contribution >= 0.6 is 0 Å². The lowest BCUT2D eigenvalue weighted by Gasteiger charge is -2.08. The molecule has 3 rings (SSSR count). The highest BCUT2D eigenvalue weighted by Crippen LogP contribution is 2.25. The molecule has 0 atom stereocenters. The first-order valence-corrected chi connectivity index (χ1v) is 6.89. The lowest BCUT2D eigenvalue weighted by atomic mass is 10.2. The molecule has 4 nitrogen and oxygen atoms in total. The SMILES string of the molecule is CC/N=c1\ccc2nc3ccc(NCC)cc3oc-2c1. The third-order valence-corrected chi connectivity index (χ3v) is 3.09. The second-order valence-corrected chi connectivity index (χ2v) is 4.55. The molecule has 0 aromatic heterocycles. The van der Waals surface area contributed by atoms with Gasteiger partial charge in [-0.3, -0.25) is 4.99 Å². The van der Waals surface area contributed by atoms with E-state index in [0.717, 1.165) is 46.7 Å². The zero-order valence-electron chi connectivity index (χ0n) is 11.7. The van der Waals surface area contributed by atoms with Crippen molar-refractivity contribution in [1.82, 2.24) is 4.98 Å². The van der Waals surface area contributed by atoms with Crippen LogP contribution in [-0.4, -0.2) is 18.1 Å². The van der Waals surface area contributed by atoms with E-state index in [0.29, 0.717) is 0 Å². The van der Waals surface area contributed by atoms with Crippen molar-refractivity contribution in [3.8, 4) is 11.5 Å². The minimum absolute atomic E-state index is 0.761. The molecule has 0 saturated heterocycles. The van der Waals surface area contributed by atoms with Gasteiger partial charge in [0.15, 0.2) is 11.3 Å². The van der Waals surface area contributed by atoms with Crippen molar-refractivity contribution in [2.75, 3.05) is 18.4 Å². The van der Waals surface area contributed by atoms with Crippen LogP contribution in [0, 0.1) is 0 Å². The monoisotopic (exact) mass is 267 g/mol. The number of nitrogens with zero attached hydrogens (tertiary/aromatic N) is 2. The predicted octanol–water partition coefficient (Wildman–Crippen LogP) is 3.29. The van der Waals surface area contributed by atoms with Crippen LogP contribution < -0.4 is 10.7 Å². The highest BCUT2D eigenvalue weighted by atomic mass is 16.3. The molecule has 1 aliphatic heterocycles. The van der Waals surface area contributed by atoms with E-state index >= 15 is 0 Å². The van der Waals surface area contributed by atoms with Gasteiger partial charge in [-0.1, -0.05) is 0 Å². The van der Waals surface area contributed by atoms with Crippen LogP contribution in [0.4, 0.5) is 5.69 Å². The summed E-state index contributed by atoms with van der Waals surface area (Å²) in [6, 6.07) is 11.8. The van der Waals surface area contributed by atoms with Crippen molar-refractivity contribution >= 4 is 16.8 Å². The van der Waals surface area contributed by atoms with Gasteiger partial charge in [0, 0.05) is 30.9 Å². The van der Waals surface area contributed by atoms with E-state index in [-0.39, 0.29) is 0 Å². The van der Waals surface area contributed by atoms with Gasteiger partial charge in [-0.15, -0.1) is 0 Å². The van der Waals surface area contributed by atoms with Gasteiger partial charge in [-0.05, 0) is 38.1 Å². The fourth-order valence-electron chi connectivity index (χ4n) is 2.21. The van der Waals surface area contributed by atoms with Crippen LogP contribution in [0.2, 0.25) is 0 Å². The molecule has 0 bridgehead atoms. The average Bonchev–Trinajstić information content (AvgIpc) is 2.46. The molecule has 20 heavy (non-hydrogen) atoms. The molecule has 1 aromatic carbocycles. The highest BCUT2D eigenvalue weighted by Gasteiger charge is 2.08. The Labute approximate surface area is 117 Å². The van der Waals surface area contributed by atoms with Gasteiger partial charge < -0.3 is 9.73 Å². The van der Waals surface area contributed by atoms with Crippen LogP contribution in [-0.2, 0) is 0 Å². The first kappa shape index (κ1) is 12.7. The van der Waals surface area contributed by atoms with Gasteiger partial charge >= 0.3 is 0 Å². The van der Waals surface area contributed by atoms with Gasteiger partial charge in [0.25, 0.3) is 0 Å². The molecule has 2 aliphatic rings. The number of nitrogens with one attached hydrogen (secondary N) is 1. The lowest BCUT2D eigenvalue weighted by Crippen LogP contribution is -2.03. The summed E-state index contributed by atoms with van der Waals surface area (Å²) in [4.78, 5) is 9.00. The largest absolute Gasteiger partial charge is 0.453 e. The van der Waals surface area contributed by atoms with E-state index in [4.69, 9.17) is 4.42 Å². The maximum Gasteiger partial charge on any atom is 0.155 e. The summed E-state index contributed by atoms with van der Waals surface area (Å²) in [7, 11) is 0. The van der Waals surface area contributed by atoms with Gasteiger partial charge in [-0.25, -0.2) is 4.98 Å². The first-order chi connectivity index (χ1) is 9.80. The molecule has 0 radical (unpaired) electrons. The van der Waals surface area contributed by atoms with Gasteiger partial charge in [0.05, 0.1) is 5.36 Å². The normalized spacial score (nSPS) is 12.2. The summed E-state index contributed by atoms with van der Waals surface area (Å²) in [6.45, 7) is 5.73. The van der Waals surface area contributed by atoms with E-state index in [1.165, 1.54) is 0 Å². The van der Waals surface area contributed by atoms with Crippen LogP contribution in [0.3, 0.4) is 0 Å². The van der Waals surface area contributed by atoms with E-state index in [1.807, 2.05) is 43.3 Å². The van der Waals surface area contributed by atoms with Gasteiger partial charge in [-0.2, -0.15) is 0 Å². The molecule has 0 unspecified atom stereocenters. The fraction of sp³-hybridized carbons (Fsp3) is 0.250. The molecule has 0 spiro atoms. The van der Waals surface area contributed by atoms with Gasteiger partial charge in [0.2, 0.25) is 0 Å². The zero-order valence-corrected chi connectivity index (χ0v) is 11.7. The van der Waals surface area contributed by atoms with Crippen molar-refractivity contribution in [1.29, 1.82) is 0 Å². The van der Waals surface area contributed by atoms with Crippen LogP contribution in [0.15, 0.2) is 45.8 Å². The first-order valence-electron chi connectivity index (χ1n) is 6.89. The van der Waals surface area contributed by atoms with Crippen LogP contribution in [0.25, 0.3) is 22.6 Å². The molecule has 1 heterocycles. The Bertz CT molecular complexity index is 776. The quantitative estimate of drug-likeness (QED) is 0.741. The minimum atomic E-state index is 0.761. The van der Waals surface area contributed by atoms with E-state index in [2.05, 4.69) is 22.2 Å². The third kappa shape index (κ3) is 2.37. The molecular formula is C16H17N3O. The molecule has 102 valence electrons. The Balaban J connectivity index is 2.20. The molecule has 1 aromatic rings. The zero-order chi connectivity index (χ0) is 13.9. The number of hydrogen-bond donors (Lipinski definition) is 1. The highest BCUT2D eigenvalue weighted by molar-refractivity contribution is 5.79. The third-order valence-electron chi connectivity index (χ3n) is 3.09. The summed E-state index contributed by atoms with van der Waals surface area (Å²) in [5.74, 6) is 0.765. The summed E-state index contributed by atoms with van der Waals surface area (Å²) >= 11 is 0. The van der Waals surface area contributed by atoms with E-state index in [1.54, 1.807) is 0 Å². The van der Waals surface area contributed by atoms with Gasteiger partial charge in [0.1, 0.15) is 11.2 Å². The van der Waals surface area contributed by atoms with Crippen molar-refractivity contribution in [3.05, 3.63) is 41.8 Å². The Morgan fingerprint density at radius 3 is 2.85 bits per heavy atom. The Hall–Kier alpha value is -2.36. The number of rotatable bonds is 3. The summed E-state index contributed by atoms with van der Waals surface area (Å²) in [6.07, 6.45) is 0. The molecule has 1 aliphatic carbocycles. The topological polar surface area (TPSA) is 50.4 Å². The fourth-order valence-corrected chi connectivity index (χ4v) is 2.21. The van der Waals surface area contributed by atoms with Crippen molar-refractivity contribution < 1.29 is 4.42 Å². The Morgan fingerprint density at radius 1 is 1.15 bits per heavy atom. The molecule has 1 N–H and O–H groups in total. The number of aromatic nitrogens is 1. The molecule has 0 saturated carbocycles. The van der Waals surface area contributed by atoms with E-state index < -0.39 is 0 Å². The molecule has 0 amide bonds. The predicted molar refractivity (Wildman–Crippen MR) is 80.9 cm³/mol.